The van der Waals surface area contributed by atoms with Gasteiger partial charge in [-0.2, -0.15) is 0 Å². The number of hydrogen-bond acceptors (Lipinski definition) is 3. The number of ether oxygens (including phenoxy) is 1. The van der Waals surface area contributed by atoms with Gasteiger partial charge in [0.1, 0.15) is 5.75 Å². The summed E-state index contributed by atoms with van der Waals surface area (Å²) >= 11 is 0. The molecule has 1 aromatic carbocycles. The van der Waals surface area contributed by atoms with Crippen LogP contribution in [0.1, 0.15) is 24.9 Å². The van der Waals surface area contributed by atoms with Crippen molar-refractivity contribution < 1.29 is 18.3 Å². The van der Waals surface area contributed by atoms with Crippen molar-refractivity contribution in [2.24, 2.45) is 5.73 Å². The van der Waals surface area contributed by atoms with Gasteiger partial charge < -0.3 is 10.5 Å². The topological polar surface area (TPSA) is 52.3 Å². The largest absolute Gasteiger partial charge is 0.427 e. The Morgan fingerprint density at radius 2 is 2.19 bits per heavy atom. The Morgan fingerprint density at radius 3 is 2.75 bits per heavy atom. The van der Waals surface area contributed by atoms with E-state index in [0.717, 1.165) is 0 Å². The van der Waals surface area contributed by atoms with Crippen LogP contribution in [0.25, 0.3) is 0 Å². The molecule has 1 rings (SSSR count). The second-order valence-corrected chi connectivity index (χ2v) is 3.40. The summed E-state index contributed by atoms with van der Waals surface area (Å²) in [6.45, 7) is 1.27. The fourth-order valence-electron chi connectivity index (χ4n) is 1.30. The van der Waals surface area contributed by atoms with Crippen molar-refractivity contribution in [3.63, 3.8) is 0 Å². The molecule has 16 heavy (non-hydrogen) atoms. The summed E-state index contributed by atoms with van der Waals surface area (Å²) < 4.78 is 29.1. The van der Waals surface area contributed by atoms with E-state index in [1.54, 1.807) is 18.2 Å². The highest BCUT2D eigenvalue weighted by molar-refractivity contribution is 5.69. The first-order valence-electron chi connectivity index (χ1n) is 4.81. The molecule has 5 heteroatoms. The van der Waals surface area contributed by atoms with E-state index in [1.165, 1.54) is 13.0 Å². The standard InChI is InChI=1S/C11H13F2NO2/c1-7(15)16-9-4-2-3-8(5-9)10(14)6-11(12)13/h2-5,10-11H,6,14H2,1H3/t10-/m0/s1. The number of rotatable bonds is 4. The zero-order valence-electron chi connectivity index (χ0n) is 8.82. The SMILES string of the molecule is CC(=O)Oc1cccc([C@@H](N)CC(F)F)c1. The molecule has 0 aliphatic carbocycles. The molecule has 0 aromatic heterocycles. The van der Waals surface area contributed by atoms with Crippen molar-refractivity contribution in [2.75, 3.05) is 0 Å². The lowest BCUT2D eigenvalue weighted by Crippen LogP contribution is -2.14. The van der Waals surface area contributed by atoms with Gasteiger partial charge >= 0.3 is 5.97 Å². The summed E-state index contributed by atoms with van der Waals surface area (Å²) in [6, 6.07) is 5.54. The molecule has 0 aliphatic rings. The van der Waals surface area contributed by atoms with Crippen LogP contribution in [-0.4, -0.2) is 12.4 Å². The minimum Gasteiger partial charge on any atom is -0.427 e. The minimum atomic E-state index is -2.45. The number of carbonyl (C=O) groups is 1. The highest BCUT2D eigenvalue weighted by Gasteiger charge is 2.13. The van der Waals surface area contributed by atoms with Gasteiger partial charge in [-0.1, -0.05) is 12.1 Å². The average Bonchev–Trinajstić information content (AvgIpc) is 2.16. The fourth-order valence-corrected chi connectivity index (χ4v) is 1.30. The maximum atomic E-state index is 12.1. The van der Waals surface area contributed by atoms with Gasteiger partial charge in [0.05, 0.1) is 0 Å². The van der Waals surface area contributed by atoms with Crippen molar-refractivity contribution in [1.82, 2.24) is 0 Å². The second-order valence-electron chi connectivity index (χ2n) is 3.40. The first kappa shape index (κ1) is 12.6. The lowest BCUT2D eigenvalue weighted by Gasteiger charge is -2.12. The van der Waals surface area contributed by atoms with Crippen molar-refractivity contribution in [3.8, 4) is 5.75 Å². The highest BCUT2D eigenvalue weighted by Crippen LogP contribution is 2.22. The van der Waals surface area contributed by atoms with Gasteiger partial charge in [0.15, 0.2) is 0 Å². The predicted molar refractivity (Wildman–Crippen MR) is 55.3 cm³/mol. The monoisotopic (exact) mass is 229 g/mol. The number of benzene rings is 1. The Bertz CT molecular complexity index is 369. The quantitative estimate of drug-likeness (QED) is 0.636. The molecule has 0 fully saturated rings. The molecule has 0 radical (unpaired) electrons. The maximum absolute atomic E-state index is 12.1. The molecule has 2 N–H and O–H groups in total. The smallest absolute Gasteiger partial charge is 0.308 e. The molecular weight excluding hydrogens is 216 g/mol. The van der Waals surface area contributed by atoms with Crippen molar-refractivity contribution in [1.29, 1.82) is 0 Å². The summed E-state index contributed by atoms with van der Waals surface area (Å²) in [6.07, 6.45) is -2.86. The number of halogens is 2. The van der Waals surface area contributed by atoms with E-state index < -0.39 is 24.9 Å². The van der Waals surface area contributed by atoms with Gasteiger partial charge in [0.2, 0.25) is 6.43 Å². The molecule has 0 saturated carbocycles. The zero-order chi connectivity index (χ0) is 12.1. The number of alkyl halides is 2. The summed E-state index contributed by atoms with van der Waals surface area (Å²) in [5, 5.41) is 0. The molecule has 0 heterocycles. The highest BCUT2D eigenvalue weighted by atomic mass is 19.3. The van der Waals surface area contributed by atoms with E-state index in [4.69, 9.17) is 10.5 Å². The van der Waals surface area contributed by atoms with Gasteiger partial charge in [-0.3, -0.25) is 4.79 Å². The molecule has 3 nitrogen and oxygen atoms in total. The van der Waals surface area contributed by atoms with E-state index in [9.17, 15) is 13.6 Å². The van der Waals surface area contributed by atoms with E-state index in [2.05, 4.69) is 0 Å². The number of nitrogens with two attached hydrogens (primary N) is 1. The van der Waals surface area contributed by atoms with Gasteiger partial charge in [0.25, 0.3) is 0 Å². The van der Waals surface area contributed by atoms with Gasteiger partial charge in [-0.25, -0.2) is 8.78 Å². The van der Waals surface area contributed by atoms with E-state index in [0.29, 0.717) is 11.3 Å². The van der Waals surface area contributed by atoms with Crippen LogP contribution in [-0.2, 0) is 4.79 Å². The molecular formula is C11H13F2NO2. The molecule has 1 aromatic rings. The second kappa shape index (κ2) is 5.55. The van der Waals surface area contributed by atoms with Crippen LogP contribution >= 0.6 is 0 Å². The molecule has 0 aliphatic heterocycles. The Hall–Kier alpha value is -1.49. The first-order chi connectivity index (χ1) is 7.49. The predicted octanol–water partition coefficient (Wildman–Crippen LogP) is 2.27. The van der Waals surface area contributed by atoms with Crippen molar-refractivity contribution >= 4 is 5.97 Å². The van der Waals surface area contributed by atoms with Crippen LogP contribution in [0.3, 0.4) is 0 Å². The lowest BCUT2D eigenvalue weighted by atomic mass is 10.0. The van der Waals surface area contributed by atoms with Gasteiger partial charge in [-0.05, 0) is 17.7 Å². The van der Waals surface area contributed by atoms with E-state index >= 15 is 0 Å². The Morgan fingerprint density at radius 1 is 1.50 bits per heavy atom. The van der Waals surface area contributed by atoms with Crippen molar-refractivity contribution in [2.45, 2.75) is 25.8 Å². The molecule has 88 valence electrons. The van der Waals surface area contributed by atoms with Crippen molar-refractivity contribution in [3.05, 3.63) is 29.8 Å². The number of esters is 1. The lowest BCUT2D eigenvalue weighted by molar-refractivity contribution is -0.131. The third-order valence-corrected chi connectivity index (χ3v) is 1.98. The van der Waals surface area contributed by atoms with Crippen LogP contribution in [0, 0.1) is 0 Å². The van der Waals surface area contributed by atoms with Crippen LogP contribution in [0.15, 0.2) is 24.3 Å². The van der Waals surface area contributed by atoms with E-state index in [-0.39, 0.29) is 0 Å². The summed E-state index contributed by atoms with van der Waals surface area (Å²) in [7, 11) is 0. The van der Waals surface area contributed by atoms with Gasteiger partial charge in [0, 0.05) is 19.4 Å². The number of hydrogen-bond donors (Lipinski definition) is 1. The molecule has 0 unspecified atom stereocenters. The first-order valence-corrected chi connectivity index (χ1v) is 4.81. The molecule has 0 amide bonds. The Kier molecular flexibility index (Phi) is 4.37. The third kappa shape index (κ3) is 3.94. The Labute approximate surface area is 92.2 Å². The Balaban J connectivity index is 2.77. The van der Waals surface area contributed by atoms with Crippen LogP contribution < -0.4 is 10.5 Å². The normalized spacial score (nSPS) is 12.6. The zero-order valence-corrected chi connectivity index (χ0v) is 8.82. The van der Waals surface area contributed by atoms with Gasteiger partial charge in [-0.15, -0.1) is 0 Å². The molecule has 0 saturated heterocycles. The van der Waals surface area contributed by atoms with Crippen LogP contribution in [0.4, 0.5) is 8.78 Å². The third-order valence-electron chi connectivity index (χ3n) is 1.98. The van der Waals surface area contributed by atoms with E-state index in [1.807, 2.05) is 0 Å². The molecule has 1 atom stereocenters. The summed E-state index contributed by atoms with van der Waals surface area (Å²) in [5.74, 6) is -0.144. The fraction of sp³-hybridized carbons (Fsp3) is 0.364. The summed E-state index contributed by atoms with van der Waals surface area (Å²) in [5.41, 5.74) is 6.10. The van der Waals surface area contributed by atoms with Crippen LogP contribution in [0.5, 0.6) is 5.75 Å². The molecule has 0 spiro atoms. The number of carbonyl (C=O) groups excluding carboxylic acids is 1. The average molecular weight is 229 g/mol. The summed E-state index contributed by atoms with van der Waals surface area (Å²) in [4.78, 5) is 10.7. The van der Waals surface area contributed by atoms with Crippen LogP contribution in [0.2, 0.25) is 0 Å². The minimum absolute atomic E-state index is 0.315. The maximum Gasteiger partial charge on any atom is 0.308 e. The molecule has 0 bridgehead atoms.